The number of hydrogen-bond donors (Lipinski definition) is 4. The summed E-state index contributed by atoms with van der Waals surface area (Å²) in [4.78, 5) is 24.6. The summed E-state index contributed by atoms with van der Waals surface area (Å²) in [5.74, 6) is -1.39. The molecule has 1 unspecified atom stereocenters. The van der Waals surface area contributed by atoms with Crippen LogP contribution in [0.3, 0.4) is 0 Å². The maximum absolute atomic E-state index is 10.5. The molecule has 0 fully saturated rings. The zero-order valence-corrected chi connectivity index (χ0v) is 8.38. The van der Waals surface area contributed by atoms with Gasteiger partial charge < -0.3 is 22.3 Å². The van der Waals surface area contributed by atoms with E-state index in [-0.39, 0.29) is 18.9 Å². The third kappa shape index (κ3) is 4.91. The predicted molar refractivity (Wildman–Crippen MR) is 55.1 cm³/mol. The molecule has 8 heteroatoms. The van der Waals surface area contributed by atoms with Crippen LogP contribution in [0.15, 0.2) is 10.2 Å². The van der Waals surface area contributed by atoms with Crippen molar-refractivity contribution in [2.75, 3.05) is 6.54 Å². The topological polar surface area (TPSA) is 157 Å². The number of nitrogens with zero attached hydrogens (tertiary/aromatic N) is 2. The zero-order chi connectivity index (χ0) is 12.1. The lowest BCUT2D eigenvalue weighted by Crippen LogP contribution is -2.40. The molecule has 0 aliphatic carbocycles. The molecule has 0 aliphatic heterocycles. The molecular weight excluding hydrogens is 202 g/mol. The molecule has 7 N–H and O–H groups in total. The summed E-state index contributed by atoms with van der Waals surface area (Å²) in [7, 11) is 0. The number of hydrogen-bond acceptors (Lipinski definition) is 5. The van der Waals surface area contributed by atoms with Crippen molar-refractivity contribution in [1.29, 1.82) is 0 Å². The average molecular weight is 217 g/mol. The number of nitroso groups, excluding NO2 is 1. The fourth-order valence-corrected chi connectivity index (χ4v) is 0.953. The number of guanidine groups is 1. The molecular formula is C7H15N5O3. The Bertz CT molecular complexity index is 276. The SMILES string of the molecule is CC(CN=C(N)N)(C[C@H](N)C(=O)O)N=O. The third-order valence-corrected chi connectivity index (χ3v) is 1.80. The van der Waals surface area contributed by atoms with Crippen LogP contribution in [0.4, 0.5) is 0 Å². The van der Waals surface area contributed by atoms with Gasteiger partial charge in [-0.15, -0.1) is 0 Å². The monoisotopic (exact) mass is 217 g/mol. The van der Waals surface area contributed by atoms with E-state index in [4.69, 9.17) is 22.3 Å². The maximum Gasteiger partial charge on any atom is 0.320 e. The first kappa shape index (κ1) is 13.3. The summed E-state index contributed by atoms with van der Waals surface area (Å²) < 4.78 is 0. The number of rotatable bonds is 6. The number of carboxylic acids is 1. The lowest BCUT2D eigenvalue weighted by molar-refractivity contribution is -0.139. The van der Waals surface area contributed by atoms with Crippen LogP contribution in [0.25, 0.3) is 0 Å². The van der Waals surface area contributed by atoms with E-state index in [1.165, 1.54) is 6.92 Å². The van der Waals surface area contributed by atoms with E-state index in [0.717, 1.165) is 0 Å². The standard InChI is InChI=1S/C7H15N5O3/c1-7(12-15,3-11-6(9)10)2-4(8)5(13)14/h4H,2-3,8H2,1H3,(H,13,14)(H4,9,10,11)/t4-,7?/m0/s1. The highest BCUT2D eigenvalue weighted by Gasteiger charge is 2.30. The van der Waals surface area contributed by atoms with Gasteiger partial charge >= 0.3 is 5.97 Å². The van der Waals surface area contributed by atoms with Crippen LogP contribution in [-0.4, -0.2) is 35.2 Å². The van der Waals surface area contributed by atoms with Gasteiger partial charge in [-0.1, -0.05) is 5.18 Å². The molecule has 0 rings (SSSR count). The molecule has 0 saturated heterocycles. The molecule has 2 atom stereocenters. The number of aliphatic carboxylic acids is 1. The van der Waals surface area contributed by atoms with Crippen molar-refractivity contribution in [3.05, 3.63) is 4.91 Å². The van der Waals surface area contributed by atoms with Crippen LogP contribution in [0.2, 0.25) is 0 Å². The van der Waals surface area contributed by atoms with E-state index in [9.17, 15) is 9.70 Å². The van der Waals surface area contributed by atoms with Crippen LogP contribution in [0, 0.1) is 4.91 Å². The second-order valence-electron chi connectivity index (χ2n) is 3.48. The largest absolute Gasteiger partial charge is 0.480 e. The molecule has 86 valence electrons. The van der Waals surface area contributed by atoms with Crippen molar-refractivity contribution in [3.63, 3.8) is 0 Å². The molecule has 8 nitrogen and oxygen atoms in total. The van der Waals surface area contributed by atoms with Gasteiger partial charge in [0.1, 0.15) is 11.6 Å². The predicted octanol–water partition coefficient (Wildman–Crippen LogP) is -1.41. The summed E-state index contributed by atoms with van der Waals surface area (Å²) in [5.41, 5.74) is 14.2. The Morgan fingerprint density at radius 1 is 1.53 bits per heavy atom. The Hall–Kier alpha value is -1.70. The van der Waals surface area contributed by atoms with Crippen LogP contribution < -0.4 is 17.2 Å². The first-order valence-electron chi connectivity index (χ1n) is 4.19. The Morgan fingerprint density at radius 3 is 2.40 bits per heavy atom. The van der Waals surface area contributed by atoms with Crippen LogP contribution in [0.5, 0.6) is 0 Å². The van der Waals surface area contributed by atoms with Gasteiger partial charge in [-0.25, -0.2) is 0 Å². The minimum Gasteiger partial charge on any atom is -0.480 e. The van der Waals surface area contributed by atoms with Crippen molar-refractivity contribution in [2.45, 2.75) is 24.9 Å². The minimum absolute atomic E-state index is 0.0835. The summed E-state index contributed by atoms with van der Waals surface area (Å²) in [6.07, 6.45) is -0.122. The van der Waals surface area contributed by atoms with Gasteiger partial charge in [0.25, 0.3) is 0 Å². The first-order valence-corrected chi connectivity index (χ1v) is 4.19. The summed E-state index contributed by atoms with van der Waals surface area (Å²) >= 11 is 0. The summed E-state index contributed by atoms with van der Waals surface area (Å²) in [6.45, 7) is 1.36. The van der Waals surface area contributed by atoms with E-state index < -0.39 is 17.6 Å². The third-order valence-electron chi connectivity index (χ3n) is 1.80. The molecule has 0 aromatic rings. The Kier molecular flexibility index (Phi) is 4.65. The van der Waals surface area contributed by atoms with Crippen LogP contribution in [0.1, 0.15) is 13.3 Å². The number of aliphatic imine (C=N–C) groups is 1. The van der Waals surface area contributed by atoms with E-state index in [1.807, 2.05) is 0 Å². The molecule has 15 heavy (non-hydrogen) atoms. The lowest BCUT2D eigenvalue weighted by Gasteiger charge is -2.20. The highest BCUT2D eigenvalue weighted by molar-refractivity contribution is 5.75. The van der Waals surface area contributed by atoms with Crippen LogP contribution >= 0.6 is 0 Å². The Labute approximate surface area is 86.5 Å². The second-order valence-corrected chi connectivity index (χ2v) is 3.48. The molecule has 0 saturated carbocycles. The maximum atomic E-state index is 10.5. The van der Waals surface area contributed by atoms with Crippen molar-refractivity contribution < 1.29 is 9.90 Å². The number of carboxylic acid groups (broad SMARTS) is 1. The molecule has 0 aromatic carbocycles. The smallest absolute Gasteiger partial charge is 0.320 e. The zero-order valence-electron chi connectivity index (χ0n) is 8.38. The van der Waals surface area contributed by atoms with E-state index in [1.54, 1.807) is 0 Å². The van der Waals surface area contributed by atoms with E-state index in [0.29, 0.717) is 0 Å². The normalized spacial score (nSPS) is 16.1. The van der Waals surface area contributed by atoms with Crippen molar-refractivity contribution in [1.82, 2.24) is 0 Å². The second kappa shape index (κ2) is 5.25. The molecule has 0 radical (unpaired) electrons. The highest BCUT2D eigenvalue weighted by Crippen LogP contribution is 2.17. The molecule has 0 amide bonds. The molecule has 0 heterocycles. The fraction of sp³-hybridized carbons (Fsp3) is 0.714. The fourth-order valence-electron chi connectivity index (χ4n) is 0.953. The van der Waals surface area contributed by atoms with Crippen molar-refractivity contribution in [2.24, 2.45) is 27.4 Å². The Morgan fingerprint density at radius 2 is 2.07 bits per heavy atom. The minimum atomic E-state index is -1.21. The summed E-state index contributed by atoms with van der Waals surface area (Å²) in [6, 6.07) is -1.16. The Balaban J connectivity index is 4.50. The van der Waals surface area contributed by atoms with Gasteiger partial charge in [0, 0.05) is 6.42 Å². The van der Waals surface area contributed by atoms with Crippen molar-refractivity contribution in [3.8, 4) is 0 Å². The molecule has 0 aromatic heterocycles. The van der Waals surface area contributed by atoms with Gasteiger partial charge in [0.2, 0.25) is 0 Å². The van der Waals surface area contributed by atoms with Crippen LogP contribution in [-0.2, 0) is 4.79 Å². The number of nitrogens with two attached hydrogens (primary N) is 3. The quantitative estimate of drug-likeness (QED) is 0.243. The summed E-state index contributed by atoms with van der Waals surface area (Å²) in [5, 5.41) is 11.4. The molecule has 0 aliphatic rings. The van der Waals surface area contributed by atoms with Crippen molar-refractivity contribution >= 4 is 11.9 Å². The van der Waals surface area contributed by atoms with Gasteiger partial charge in [-0.05, 0) is 6.92 Å². The lowest BCUT2D eigenvalue weighted by atomic mass is 9.94. The first-order chi connectivity index (χ1) is 6.80. The molecule has 0 bridgehead atoms. The van der Waals surface area contributed by atoms with Gasteiger partial charge in [0.15, 0.2) is 5.96 Å². The van der Waals surface area contributed by atoms with E-state index >= 15 is 0 Å². The van der Waals surface area contributed by atoms with Gasteiger partial charge in [-0.3, -0.25) is 9.79 Å². The average Bonchev–Trinajstić information content (AvgIpc) is 2.14. The molecule has 0 spiro atoms. The van der Waals surface area contributed by atoms with E-state index in [2.05, 4.69) is 10.2 Å². The highest BCUT2D eigenvalue weighted by atomic mass is 16.4. The number of carbonyl (C=O) groups is 1. The van der Waals surface area contributed by atoms with Gasteiger partial charge in [0.05, 0.1) is 6.54 Å². The van der Waals surface area contributed by atoms with Gasteiger partial charge in [-0.2, -0.15) is 4.91 Å².